The van der Waals surface area contributed by atoms with Crippen molar-refractivity contribution in [3.05, 3.63) is 65.8 Å². The van der Waals surface area contributed by atoms with E-state index in [0.717, 1.165) is 41.2 Å². The standard InChI is InChI=1S/C22H20N2O4/c25-21(15-3-4-15)23-17-7-5-14(6-8-17)20-12-16-13-24(10-9-18(16)28-20)22(26)19-2-1-11-27-19/h1-2,5-8,11-12,15H,3-4,9-10,13H2,(H,23,25). The van der Waals surface area contributed by atoms with Gasteiger partial charge in [-0.15, -0.1) is 0 Å². The summed E-state index contributed by atoms with van der Waals surface area (Å²) in [5.41, 5.74) is 2.77. The molecule has 142 valence electrons. The first-order chi connectivity index (χ1) is 13.7. The molecule has 6 nitrogen and oxygen atoms in total. The summed E-state index contributed by atoms with van der Waals surface area (Å²) in [5.74, 6) is 2.23. The van der Waals surface area contributed by atoms with Crippen LogP contribution in [-0.2, 0) is 17.8 Å². The molecule has 2 amide bonds. The molecular formula is C22H20N2O4. The zero-order chi connectivity index (χ0) is 19.1. The second-order valence-corrected chi connectivity index (χ2v) is 7.35. The summed E-state index contributed by atoms with van der Waals surface area (Å²) in [6.07, 6.45) is 4.16. The van der Waals surface area contributed by atoms with Crippen molar-refractivity contribution in [1.82, 2.24) is 4.90 Å². The molecule has 0 bridgehead atoms. The minimum absolute atomic E-state index is 0.0996. The fourth-order valence-corrected chi connectivity index (χ4v) is 3.51. The van der Waals surface area contributed by atoms with Gasteiger partial charge >= 0.3 is 0 Å². The van der Waals surface area contributed by atoms with Gasteiger partial charge < -0.3 is 19.1 Å². The number of carbonyl (C=O) groups excluding carboxylic acids is 2. The largest absolute Gasteiger partial charge is 0.461 e. The van der Waals surface area contributed by atoms with E-state index in [1.165, 1.54) is 6.26 Å². The average molecular weight is 376 g/mol. The highest BCUT2D eigenvalue weighted by atomic mass is 16.3. The van der Waals surface area contributed by atoms with E-state index in [1.54, 1.807) is 17.0 Å². The Hall–Kier alpha value is -3.28. The molecule has 6 heteroatoms. The van der Waals surface area contributed by atoms with E-state index >= 15 is 0 Å². The van der Waals surface area contributed by atoms with E-state index in [4.69, 9.17) is 8.83 Å². The van der Waals surface area contributed by atoms with Gasteiger partial charge in [-0.2, -0.15) is 0 Å². The highest BCUT2D eigenvalue weighted by Gasteiger charge is 2.29. The first kappa shape index (κ1) is 16.9. The molecule has 1 N–H and O–H groups in total. The lowest BCUT2D eigenvalue weighted by molar-refractivity contribution is -0.117. The molecule has 1 aliphatic heterocycles. The van der Waals surface area contributed by atoms with Crippen molar-refractivity contribution in [3.8, 4) is 11.3 Å². The van der Waals surface area contributed by atoms with Gasteiger partial charge in [0.15, 0.2) is 5.76 Å². The number of hydrogen-bond acceptors (Lipinski definition) is 4. The van der Waals surface area contributed by atoms with Crippen molar-refractivity contribution in [2.24, 2.45) is 5.92 Å². The third kappa shape index (κ3) is 3.22. The van der Waals surface area contributed by atoms with Crippen molar-refractivity contribution in [3.63, 3.8) is 0 Å². The Labute approximate surface area is 162 Å². The Balaban J connectivity index is 1.30. The highest BCUT2D eigenvalue weighted by molar-refractivity contribution is 5.94. The van der Waals surface area contributed by atoms with E-state index in [9.17, 15) is 9.59 Å². The Morgan fingerprint density at radius 2 is 1.93 bits per heavy atom. The van der Waals surface area contributed by atoms with Crippen LogP contribution in [0.4, 0.5) is 5.69 Å². The third-order valence-electron chi connectivity index (χ3n) is 5.27. The van der Waals surface area contributed by atoms with E-state index in [1.807, 2.05) is 30.3 Å². The van der Waals surface area contributed by atoms with Crippen molar-refractivity contribution in [1.29, 1.82) is 0 Å². The lowest BCUT2D eigenvalue weighted by Gasteiger charge is -2.25. The Bertz CT molecular complexity index is 1010. The van der Waals surface area contributed by atoms with Crippen LogP contribution in [0.2, 0.25) is 0 Å². The maximum atomic E-state index is 12.5. The molecule has 3 heterocycles. The first-order valence-electron chi connectivity index (χ1n) is 9.53. The second-order valence-electron chi connectivity index (χ2n) is 7.35. The van der Waals surface area contributed by atoms with E-state index in [-0.39, 0.29) is 17.7 Å². The Morgan fingerprint density at radius 1 is 1.11 bits per heavy atom. The molecule has 5 rings (SSSR count). The fourth-order valence-electron chi connectivity index (χ4n) is 3.51. The predicted molar refractivity (Wildman–Crippen MR) is 103 cm³/mol. The van der Waals surface area contributed by atoms with Crippen LogP contribution in [0.3, 0.4) is 0 Å². The molecule has 0 radical (unpaired) electrons. The number of rotatable bonds is 4. The quantitative estimate of drug-likeness (QED) is 0.744. The van der Waals surface area contributed by atoms with Crippen LogP contribution in [0.5, 0.6) is 0 Å². The van der Waals surface area contributed by atoms with Crippen molar-refractivity contribution in [2.45, 2.75) is 25.8 Å². The lowest BCUT2D eigenvalue weighted by Crippen LogP contribution is -2.35. The van der Waals surface area contributed by atoms with Gasteiger partial charge in [-0.05, 0) is 55.3 Å². The smallest absolute Gasteiger partial charge is 0.289 e. The number of nitrogens with zero attached hydrogens (tertiary/aromatic N) is 1. The number of fused-ring (bicyclic) bond motifs is 1. The average Bonchev–Trinajstić information content (AvgIpc) is 3.26. The Morgan fingerprint density at radius 3 is 2.64 bits per heavy atom. The molecule has 1 fully saturated rings. The molecular weight excluding hydrogens is 356 g/mol. The van der Waals surface area contributed by atoms with Gasteiger partial charge in [-0.1, -0.05) is 0 Å². The van der Waals surface area contributed by atoms with Crippen LogP contribution in [0.15, 0.2) is 57.6 Å². The van der Waals surface area contributed by atoms with Crippen LogP contribution in [-0.4, -0.2) is 23.3 Å². The molecule has 0 saturated heterocycles. The molecule has 0 spiro atoms. The number of carbonyl (C=O) groups is 2. The summed E-state index contributed by atoms with van der Waals surface area (Å²) in [5, 5.41) is 2.94. The van der Waals surface area contributed by atoms with Crippen LogP contribution >= 0.6 is 0 Å². The topological polar surface area (TPSA) is 75.7 Å². The van der Waals surface area contributed by atoms with E-state index < -0.39 is 0 Å². The van der Waals surface area contributed by atoms with E-state index in [2.05, 4.69) is 5.32 Å². The van der Waals surface area contributed by atoms with Crippen molar-refractivity contribution in [2.75, 3.05) is 11.9 Å². The summed E-state index contributed by atoms with van der Waals surface area (Å²) >= 11 is 0. The third-order valence-corrected chi connectivity index (χ3v) is 5.27. The number of anilines is 1. The van der Waals surface area contributed by atoms with Gasteiger partial charge in [0.05, 0.1) is 6.26 Å². The van der Waals surface area contributed by atoms with Gasteiger partial charge in [0.25, 0.3) is 5.91 Å². The zero-order valence-electron chi connectivity index (χ0n) is 15.3. The summed E-state index contributed by atoms with van der Waals surface area (Å²) in [6, 6.07) is 13.1. The van der Waals surface area contributed by atoms with Gasteiger partial charge in [-0.25, -0.2) is 0 Å². The van der Waals surface area contributed by atoms with Gasteiger partial charge in [0.2, 0.25) is 5.91 Å². The maximum Gasteiger partial charge on any atom is 0.289 e. The van der Waals surface area contributed by atoms with Gasteiger partial charge in [0.1, 0.15) is 11.5 Å². The highest BCUT2D eigenvalue weighted by Crippen LogP contribution is 2.32. The van der Waals surface area contributed by atoms with Crippen LogP contribution in [0.25, 0.3) is 11.3 Å². The zero-order valence-corrected chi connectivity index (χ0v) is 15.3. The normalized spacial score (nSPS) is 15.9. The summed E-state index contributed by atoms with van der Waals surface area (Å²) in [4.78, 5) is 26.1. The number of hydrogen-bond donors (Lipinski definition) is 1. The molecule has 3 aromatic rings. The SMILES string of the molecule is O=C(Nc1ccc(-c2cc3c(o2)CCN(C(=O)c2ccco2)C3)cc1)C1CC1. The monoisotopic (exact) mass is 376 g/mol. The summed E-state index contributed by atoms with van der Waals surface area (Å²) in [6.45, 7) is 1.11. The molecule has 2 aromatic heterocycles. The molecule has 0 atom stereocenters. The number of furan rings is 2. The summed E-state index contributed by atoms with van der Waals surface area (Å²) in [7, 11) is 0. The van der Waals surface area contributed by atoms with Gasteiger partial charge in [0, 0.05) is 42.2 Å². The van der Waals surface area contributed by atoms with Crippen molar-refractivity contribution < 1.29 is 18.4 Å². The fraction of sp³-hybridized carbons (Fsp3) is 0.273. The number of amides is 2. The van der Waals surface area contributed by atoms with Crippen molar-refractivity contribution >= 4 is 17.5 Å². The van der Waals surface area contributed by atoms with Crippen LogP contribution in [0, 0.1) is 5.92 Å². The molecule has 2 aliphatic rings. The minimum atomic E-state index is -0.103. The number of benzene rings is 1. The minimum Gasteiger partial charge on any atom is -0.461 e. The molecule has 1 aliphatic carbocycles. The van der Waals surface area contributed by atoms with Crippen LogP contribution < -0.4 is 5.32 Å². The van der Waals surface area contributed by atoms with Crippen LogP contribution in [0.1, 0.15) is 34.7 Å². The molecule has 28 heavy (non-hydrogen) atoms. The second kappa shape index (κ2) is 6.71. The maximum absolute atomic E-state index is 12.5. The molecule has 1 saturated carbocycles. The first-order valence-corrected chi connectivity index (χ1v) is 9.53. The van der Waals surface area contributed by atoms with Gasteiger partial charge in [-0.3, -0.25) is 9.59 Å². The predicted octanol–water partition coefficient (Wildman–Crippen LogP) is 4.09. The number of nitrogens with one attached hydrogen (secondary N) is 1. The molecule has 0 unspecified atom stereocenters. The van der Waals surface area contributed by atoms with E-state index in [0.29, 0.717) is 25.3 Å². The summed E-state index contributed by atoms with van der Waals surface area (Å²) < 4.78 is 11.3. The molecule has 1 aromatic carbocycles. The lowest BCUT2D eigenvalue weighted by atomic mass is 10.1. The Kier molecular flexibility index (Phi) is 4.04.